The van der Waals surface area contributed by atoms with Crippen LogP contribution in [0.25, 0.3) is 0 Å². The minimum atomic E-state index is -0.0439. The van der Waals surface area contributed by atoms with Crippen LogP contribution in [-0.2, 0) is 11.3 Å². The second-order valence-electron chi connectivity index (χ2n) is 5.72. The number of carbonyl (C=O) groups is 2. The van der Waals surface area contributed by atoms with E-state index in [1.54, 1.807) is 6.26 Å². The van der Waals surface area contributed by atoms with E-state index in [1.165, 1.54) is 0 Å². The van der Waals surface area contributed by atoms with E-state index in [1.807, 2.05) is 23.9 Å². The SMILES string of the molecule is O=C(CCCC[C@H]1SC[C@@H]2NC(=O)N[C@H]21)NCc1ccco1. The Hall–Kier alpha value is -1.63. The van der Waals surface area contributed by atoms with Gasteiger partial charge in [0.15, 0.2) is 0 Å². The molecule has 2 saturated heterocycles. The number of nitrogens with one attached hydrogen (secondary N) is 3. The smallest absolute Gasteiger partial charge is 0.315 e. The largest absolute Gasteiger partial charge is 0.467 e. The zero-order chi connectivity index (χ0) is 15.4. The highest BCUT2D eigenvalue weighted by atomic mass is 32.2. The molecule has 2 aliphatic heterocycles. The fraction of sp³-hybridized carbons (Fsp3) is 0.600. The minimum absolute atomic E-state index is 0.0439. The molecule has 0 aromatic carbocycles. The quantitative estimate of drug-likeness (QED) is 0.526. The van der Waals surface area contributed by atoms with Crippen molar-refractivity contribution in [3.8, 4) is 0 Å². The number of furan rings is 1. The summed E-state index contributed by atoms with van der Waals surface area (Å²) in [5.41, 5.74) is 0. The first kappa shape index (κ1) is 15.3. The number of unbranched alkanes of at least 4 members (excludes halogenated alkanes) is 1. The fourth-order valence-corrected chi connectivity index (χ4v) is 4.50. The van der Waals surface area contributed by atoms with Gasteiger partial charge in [-0.2, -0.15) is 11.8 Å². The Labute approximate surface area is 133 Å². The molecule has 2 fully saturated rings. The van der Waals surface area contributed by atoms with E-state index in [2.05, 4.69) is 16.0 Å². The predicted molar refractivity (Wildman–Crippen MR) is 84.5 cm³/mol. The second-order valence-corrected chi connectivity index (χ2v) is 7.00. The third-order valence-electron chi connectivity index (χ3n) is 4.12. The summed E-state index contributed by atoms with van der Waals surface area (Å²) in [6.45, 7) is 0.450. The molecule has 0 unspecified atom stereocenters. The van der Waals surface area contributed by atoms with E-state index in [0.29, 0.717) is 18.2 Å². The minimum Gasteiger partial charge on any atom is -0.467 e. The van der Waals surface area contributed by atoms with Crippen molar-refractivity contribution >= 4 is 23.7 Å². The molecule has 1 aromatic rings. The van der Waals surface area contributed by atoms with Crippen LogP contribution < -0.4 is 16.0 Å². The highest BCUT2D eigenvalue weighted by Gasteiger charge is 2.42. The molecular formula is C15H21N3O3S. The normalized spacial score (nSPS) is 26.4. The van der Waals surface area contributed by atoms with Crippen LogP contribution in [0.1, 0.15) is 31.4 Å². The number of hydrogen-bond donors (Lipinski definition) is 3. The summed E-state index contributed by atoms with van der Waals surface area (Å²) >= 11 is 1.91. The highest BCUT2D eigenvalue weighted by molar-refractivity contribution is 8.00. The molecule has 1 aromatic heterocycles. The van der Waals surface area contributed by atoms with E-state index >= 15 is 0 Å². The highest BCUT2D eigenvalue weighted by Crippen LogP contribution is 2.33. The maximum absolute atomic E-state index is 11.7. The Kier molecular flexibility index (Phi) is 4.92. The number of carbonyl (C=O) groups excluding carboxylic acids is 2. The maximum atomic E-state index is 11.7. The first-order chi connectivity index (χ1) is 10.7. The van der Waals surface area contributed by atoms with Crippen LogP contribution in [0.15, 0.2) is 22.8 Å². The molecule has 22 heavy (non-hydrogen) atoms. The standard InChI is InChI=1S/C15H21N3O3S/c19-13(16-8-10-4-3-7-21-10)6-2-1-5-12-14-11(9-22-12)17-15(20)18-14/h3-4,7,11-12,14H,1-2,5-6,8-9H2,(H,16,19)(H2,17,18,20)/t11-,12+,14+/m0/s1. The van der Waals surface area contributed by atoms with Gasteiger partial charge in [0.2, 0.25) is 5.91 Å². The number of hydrogen-bond acceptors (Lipinski definition) is 4. The van der Waals surface area contributed by atoms with Gasteiger partial charge in [0, 0.05) is 17.4 Å². The Morgan fingerprint density at radius 2 is 2.32 bits per heavy atom. The van der Waals surface area contributed by atoms with E-state index < -0.39 is 0 Å². The molecule has 3 heterocycles. The average Bonchev–Trinajstić information content (AvgIpc) is 3.19. The van der Waals surface area contributed by atoms with E-state index in [0.717, 1.165) is 30.8 Å². The summed E-state index contributed by atoms with van der Waals surface area (Å²) in [6.07, 6.45) is 5.06. The van der Waals surface area contributed by atoms with Gasteiger partial charge < -0.3 is 20.4 Å². The van der Waals surface area contributed by atoms with Crippen LogP contribution in [0.3, 0.4) is 0 Å². The van der Waals surface area contributed by atoms with Gasteiger partial charge in [-0.15, -0.1) is 0 Å². The number of rotatable bonds is 7. The molecule has 3 rings (SSSR count). The van der Waals surface area contributed by atoms with Crippen molar-refractivity contribution in [1.82, 2.24) is 16.0 Å². The van der Waals surface area contributed by atoms with E-state index in [9.17, 15) is 9.59 Å². The van der Waals surface area contributed by atoms with Gasteiger partial charge >= 0.3 is 6.03 Å². The molecular weight excluding hydrogens is 302 g/mol. The van der Waals surface area contributed by atoms with Gasteiger partial charge in [-0.05, 0) is 25.0 Å². The molecule has 3 N–H and O–H groups in total. The molecule has 0 radical (unpaired) electrons. The summed E-state index contributed by atoms with van der Waals surface area (Å²) < 4.78 is 5.17. The summed E-state index contributed by atoms with van der Waals surface area (Å²) in [5, 5.41) is 9.25. The molecule has 3 amide bonds. The average molecular weight is 323 g/mol. The Bertz CT molecular complexity index is 520. The van der Waals surface area contributed by atoms with Crippen molar-refractivity contribution in [2.45, 2.75) is 49.6 Å². The second kappa shape index (κ2) is 7.09. The molecule has 0 spiro atoms. The van der Waals surface area contributed by atoms with Gasteiger partial charge in [0.25, 0.3) is 0 Å². The first-order valence-corrected chi connectivity index (χ1v) is 8.75. The maximum Gasteiger partial charge on any atom is 0.315 e. The van der Waals surface area contributed by atoms with Crippen LogP contribution in [-0.4, -0.2) is 35.0 Å². The fourth-order valence-electron chi connectivity index (χ4n) is 2.96. The zero-order valence-corrected chi connectivity index (χ0v) is 13.2. The van der Waals surface area contributed by atoms with Gasteiger partial charge in [-0.1, -0.05) is 6.42 Å². The summed E-state index contributed by atoms with van der Waals surface area (Å²) in [4.78, 5) is 23.0. The molecule has 0 saturated carbocycles. The van der Waals surface area contributed by atoms with Gasteiger partial charge in [0.1, 0.15) is 5.76 Å². The lowest BCUT2D eigenvalue weighted by Gasteiger charge is -2.16. The lowest BCUT2D eigenvalue weighted by atomic mass is 10.0. The predicted octanol–water partition coefficient (Wildman–Crippen LogP) is 1.62. The lowest BCUT2D eigenvalue weighted by Crippen LogP contribution is -2.36. The molecule has 3 atom stereocenters. The first-order valence-electron chi connectivity index (χ1n) is 7.70. The van der Waals surface area contributed by atoms with Crippen molar-refractivity contribution < 1.29 is 14.0 Å². The Balaban J connectivity index is 1.29. The van der Waals surface area contributed by atoms with Gasteiger partial charge in [-0.3, -0.25) is 4.79 Å². The number of thioether (sulfide) groups is 1. The molecule has 0 bridgehead atoms. The van der Waals surface area contributed by atoms with E-state index in [-0.39, 0.29) is 24.0 Å². The van der Waals surface area contributed by atoms with Crippen molar-refractivity contribution in [3.05, 3.63) is 24.2 Å². The third-order valence-corrected chi connectivity index (χ3v) is 5.63. The molecule has 120 valence electrons. The molecule has 6 nitrogen and oxygen atoms in total. The van der Waals surface area contributed by atoms with Crippen molar-refractivity contribution in [3.63, 3.8) is 0 Å². The summed E-state index contributed by atoms with van der Waals surface area (Å²) in [6, 6.07) is 4.14. The van der Waals surface area contributed by atoms with Gasteiger partial charge in [-0.25, -0.2) is 4.79 Å². The number of fused-ring (bicyclic) bond motifs is 1. The lowest BCUT2D eigenvalue weighted by molar-refractivity contribution is -0.121. The summed E-state index contributed by atoms with van der Waals surface area (Å²) in [7, 11) is 0. The third kappa shape index (κ3) is 3.76. The van der Waals surface area contributed by atoms with Crippen LogP contribution >= 0.6 is 11.8 Å². The van der Waals surface area contributed by atoms with Crippen molar-refractivity contribution in [1.29, 1.82) is 0 Å². The van der Waals surface area contributed by atoms with Crippen molar-refractivity contribution in [2.75, 3.05) is 5.75 Å². The molecule has 2 aliphatic rings. The van der Waals surface area contributed by atoms with Crippen LogP contribution in [0, 0.1) is 0 Å². The topological polar surface area (TPSA) is 83.4 Å². The van der Waals surface area contributed by atoms with Crippen LogP contribution in [0.2, 0.25) is 0 Å². The monoisotopic (exact) mass is 323 g/mol. The molecule has 7 heteroatoms. The Morgan fingerprint density at radius 3 is 3.14 bits per heavy atom. The van der Waals surface area contributed by atoms with E-state index in [4.69, 9.17) is 4.42 Å². The Morgan fingerprint density at radius 1 is 1.41 bits per heavy atom. The van der Waals surface area contributed by atoms with Gasteiger partial charge in [0.05, 0.1) is 24.9 Å². The zero-order valence-electron chi connectivity index (χ0n) is 12.3. The number of urea groups is 1. The summed E-state index contributed by atoms with van der Waals surface area (Å²) in [5.74, 6) is 1.81. The number of amides is 3. The van der Waals surface area contributed by atoms with Crippen LogP contribution in [0.4, 0.5) is 4.79 Å². The van der Waals surface area contributed by atoms with Crippen molar-refractivity contribution in [2.24, 2.45) is 0 Å². The molecule has 0 aliphatic carbocycles. The van der Waals surface area contributed by atoms with Crippen LogP contribution in [0.5, 0.6) is 0 Å².